The molecule has 2 aromatic rings. The van der Waals surface area contributed by atoms with E-state index in [1.54, 1.807) is 6.20 Å². The van der Waals surface area contributed by atoms with Crippen molar-refractivity contribution in [2.45, 2.75) is 50.0 Å². The van der Waals surface area contributed by atoms with E-state index in [9.17, 15) is 20.4 Å². The summed E-state index contributed by atoms with van der Waals surface area (Å²) in [5, 5.41) is 43.0. The lowest BCUT2D eigenvalue weighted by atomic mass is 9.94. The summed E-state index contributed by atoms with van der Waals surface area (Å²) < 4.78 is 5.28. The van der Waals surface area contributed by atoms with Gasteiger partial charge in [0.05, 0.1) is 35.7 Å². The Morgan fingerprint density at radius 1 is 1.13 bits per heavy atom. The molecule has 2 heterocycles. The molecule has 4 atom stereocenters. The maximum absolute atomic E-state index is 10.0. The molecular weight excluding hydrogens is 410 g/mol. The number of hydrogen-bond acceptors (Lipinski definition) is 8. The Balaban J connectivity index is 1.34. The van der Waals surface area contributed by atoms with Gasteiger partial charge in [-0.05, 0) is 37.6 Å². The van der Waals surface area contributed by atoms with E-state index in [-0.39, 0.29) is 13.2 Å². The number of benzene rings is 1. The maximum Gasteiger partial charge on any atom is 0.225 e. The highest BCUT2D eigenvalue weighted by Crippen LogP contribution is 2.28. The summed E-state index contributed by atoms with van der Waals surface area (Å²) in [7, 11) is 0. The Bertz CT molecular complexity index is 776. The average molecular weight is 440 g/mol. The molecule has 1 aliphatic rings. The Morgan fingerprint density at radius 3 is 2.63 bits per heavy atom. The molecule has 0 amide bonds. The van der Waals surface area contributed by atoms with Crippen LogP contribution in [0.5, 0.6) is 0 Å². The number of nitrogens with zero attached hydrogens (tertiary/aromatic N) is 2. The fraction of sp³-hybridized carbons (Fsp3) is 0.571. The standard InChI is InChI=1S/C21H30ClN3O5/c22-15-11-14(21-24-8-10-30-21)5-6-16(15)23-7-3-1-2-4-9-25-12-18(27)20(29)19(28)17(25)13-26/h5-6,8,10-11,17-20,23,26-29H,1-4,7,9,12-13H2/t17-,18+,19-,20-/m1/s1. The smallest absolute Gasteiger partial charge is 0.225 e. The zero-order valence-corrected chi connectivity index (χ0v) is 17.6. The van der Waals surface area contributed by atoms with Gasteiger partial charge in [-0.2, -0.15) is 0 Å². The number of anilines is 1. The van der Waals surface area contributed by atoms with Gasteiger partial charge in [0.15, 0.2) is 0 Å². The number of hydrogen-bond donors (Lipinski definition) is 5. The topological polar surface area (TPSA) is 122 Å². The van der Waals surface area contributed by atoms with Crippen LogP contribution in [-0.4, -0.2) is 80.9 Å². The molecule has 5 N–H and O–H groups in total. The van der Waals surface area contributed by atoms with Gasteiger partial charge in [0, 0.05) is 18.7 Å². The van der Waals surface area contributed by atoms with Gasteiger partial charge < -0.3 is 30.2 Å². The normalized spacial score (nSPS) is 24.8. The predicted molar refractivity (Wildman–Crippen MR) is 114 cm³/mol. The Hall–Kier alpha value is -1.68. The molecule has 1 saturated heterocycles. The second kappa shape index (κ2) is 11.1. The number of aliphatic hydroxyl groups excluding tert-OH is 4. The summed E-state index contributed by atoms with van der Waals surface area (Å²) in [5.74, 6) is 0.537. The summed E-state index contributed by atoms with van der Waals surface area (Å²) in [6.07, 6.45) is 3.65. The highest BCUT2D eigenvalue weighted by molar-refractivity contribution is 6.33. The van der Waals surface area contributed by atoms with E-state index in [0.717, 1.165) is 43.5 Å². The molecule has 3 rings (SSSR count). The molecule has 0 spiro atoms. The number of β-amino-alcohol motifs (C(OH)–C–C–N with tert-alkyl or cyclic N) is 1. The van der Waals surface area contributed by atoms with Crippen LogP contribution in [-0.2, 0) is 0 Å². The predicted octanol–water partition coefficient (Wildman–Crippen LogP) is 1.73. The Kier molecular flexibility index (Phi) is 8.50. The van der Waals surface area contributed by atoms with Crippen LogP contribution < -0.4 is 5.32 Å². The monoisotopic (exact) mass is 439 g/mol. The van der Waals surface area contributed by atoms with Crippen LogP contribution in [0.4, 0.5) is 5.69 Å². The minimum absolute atomic E-state index is 0.246. The van der Waals surface area contributed by atoms with Crippen molar-refractivity contribution in [3.05, 3.63) is 35.7 Å². The molecule has 0 bridgehead atoms. The SMILES string of the molecule is OC[C@@H]1[C@@H](O)[C@H](O)[C@@H](O)CN1CCCCCCNc1ccc(-c2ncco2)cc1Cl. The van der Waals surface area contributed by atoms with Crippen molar-refractivity contribution in [1.29, 1.82) is 0 Å². The van der Waals surface area contributed by atoms with Gasteiger partial charge in [-0.3, -0.25) is 4.90 Å². The average Bonchev–Trinajstić information content (AvgIpc) is 3.27. The zero-order chi connectivity index (χ0) is 21.5. The van der Waals surface area contributed by atoms with E-state index in [4.69, 9.17) is 16.0 Å². The minimum atomic E-state index is -1.21. The minimum Gasteiger partial charge on any atom is -0.445 e. The molecule has 1 aromatic heterocycles. The van der Waals surface area contributed by atoms with Crippen LogP contribution in [0.15, 0.2) is 35.1 Å². The second-order valence-corrected chi connectivity index (χ2v) is 8.07. The first kappa shape index (κ1) is 23.0. The van der Waals surface area contributed by atoms with Crippen LogP contribution >= 0.6 is 11.6 Å². The molecule has 0 unspecified atom stereocenters. The molecule has 0 radical (unpaired) electrons. The summed E-state index contributed by atoms with van der Waals surface area (Å²) in [6, 6.07) is 5.12. The quantitative estimate of drug-likeness (QED) is 0.355. The van der Waals surface area contributed by atoms with Gasteiger partial charge in [0.1, 0.15) is 18.5 Å². The molecule has 8 nitrogen and oxygen atoms in total. The third kappa shape index (κ3) is 5.72. The number of aromatic nitrogens is 1. The summed E-state index contributed by atoms with van der Waals surface area (Å²) in [5.41, 5.74) is 1.70. The van der Waals surface area contributed by atoms with E-state index in [0.29, 0.717) is 17.5 Å². The molecule has 0 aliphatic carbocycles. The van der Waals surface area contributed by atoms with Gasteiger partial charge in [-0.1, -0.05) is 24.4 Å². The largest absolute Gasteiger partial charge is 0.445 e. The molecule has 1 fully saturated rings. The van der Waals surface area contributed by atoms with Crippen molar-refractivity contribution in [3.8, 4) is 11.5 Å². The van der Waals surface area contributed by atoms with Crippen molar-refractivity contribution in [2.75, 3.05) is 31.6 Å². The first-order valence-corrected chi connectivity index (χ1v) is 10.7. The van der Waals surface area contributed by atoms with E-state index < -0.39 is 24.4 Å². The molecule has 166 valence electrons. The van der Waals surface area contributed by atoms with E-state index in [2.05, 4.69) is 10.3 Å². The lowest BCUT2D eigenvalue weighted by molar-refractivity contribution is -0.145. The number of nitrogens with one attached hydrogen (secondary N) is 1. The second-order valence-electron chi connectivity index (χ2n) is 7.67. The van der Waals surface area contributed by atoms with Crippen molar-refractivity contribution < 1.29 is 24.8 Å². The molecule has 9 heteroatoms. The Labute approximate surface area is 181 Å². The highest BCUT2D eigenvalue weighted by Gasteiger charge is 2.40. The van der Waals surface area contributed by atoms with E-state index >= 15 is 0 Å². The number of oxazole rings is 1. The first-order valence-electron chi connectivity index (χ1n) is 10.3. The Morgan fingerprint density at radius 2 is 1.93 bits per heavy atom. The van der Waals surface area contributed by atoms with Crippen LogP contribution in [0.1, 0.15) is 25.7 Å². The number of halogens is 1. The van der Waals surface area contributed by atoms with Crippen molar-refractivity contribution >= 4 is 17.3 Å². The summed E-state index contributed by atoms with van der Waals surface area (Å²) >= 11 is 6.34. The number of aliphatic hydroxyl groups is 4. The molecular formula is C21H30ClN3O5. The summed E-state index contributed by atoms with van der Waals surface area (Å²) in [6.45, 7) is 1.47. The van der Waals surface area contributed by atoms with Crippen LogP contribution in [0.2, 0.25) is 5.02 Å². The van der Waals surface area contributed by atoms with Crippen molar-refractivity contribution in [2.24, 2.45) is 0 Å². The number of unbranched alkanes of at least 4 members (excludes halogenated alkanes) is 3. The zero-order valence-electron chi connectivity index (χ0n) is 16.8. The van der Waals surface area contributed by atoms with Gasteiger partial charge in [-0.25, -0.2) is 4.98 Å². The lowest BCUT2D eigenvalue weighted by Gasteiger charge is -2.43. The molecule has 1 aliphatic heterocycles. The lowest BCUT2D eigenvalue weighted by Crippen LogP contribution is -2.62. The number of likely N-dealkylation sites (tertiary alicyclic amines) is 1. The highest BCUT2D eigenvalue weighted by atomic mass is 35.5. The van der Waals surface area contributed by atoms with Gasteiger partial charge in [0.25, 0.3) is 0 Å². The van der Waals surface area contributed by atoms with Crippen LogP contribution in [0.3, 0.4) is 0 Å². The molecule has 1 aromatic carbocycles. The number of piperidine rings is 1. The van der Waals surface area contributed by atoms with Gasteiger partial charge in [0.2, 0.25) is 5.89 Å². The van der Waals surface area contributed by atoms with Crippen LogP contribution in [0.25, 0.3) is 11.5 Å². The van der Waals surface area contributed by atoms with E-state index in [1.165, 1.54) is 6.26 Å². The fourth-order valence-corrected chi connectivity index (χ4v) is 4.06. The van der Waals surface area contributed by atoms with E-state index in [1.807, 2.05) is 23.1 Å². The fourth-order valence-electron chi connectivity index (χ4n) is 3.81. The van der Waals surface area contributed by atoms with Gasteiger partial charge >= 0.3 is 0 Å². The molecule has 0 saturated carbocycles. The van der Waals surface area contributed by atoms with Crippen molar-refractivity contribution in [3.63, 3.8) is 0 Å². The maximum atomic E-state index is 10.0. The number of rotatable bonds is 10. The first-order chi connectivity index (χ1) is 14.5. The molecule has 30 heavy (non-hydrogen) atoms. The summed E-state index contributed by atoms with van der Waals surface area (Å²) in [4.78, 5) is 5.97. The third-order valence-electron chi connectivity index (χ3n) is 5.55. The van der Waals surface area contributed by atoms with Crippen LogP contribution in [0, 0.1) is 0 Å². The van der Waals surface area contributed by atoms with Crippen molar-refractivity contribution in [1.82, 2.24) is 9.88 Å². The van der Waals surface area contributed by atoms with Gasteiger partial charge in [-0.15, -0.1) is 0 Å². The third-order valence-corrected chi connectivity index (χ3v) is 5.86.